The molecule has 0 nitrogen and oxygen atoms in total. The van der Waals surface area contributed by atoms with Crippen molar-refractivity contribution < 1.29 is 0 Å². The second-order valence-corrected chi connectivity index (χ2v) is 5.27. The topological polar surface area (TPSA) is 0 Å². The molecule has 0 spiro atoms. The molecule has 0 aromatic heterocycles. The Kier molecular flexibility index (Phi) is 2.79. The summed E-state index contributed by atoms with van der Waals surface area (Å²) in [5.74, 6) is 0.487. The molecule has 18 heavy (non-hydrogen) atoms. The summed E-state index contributed by atoms with van der Waals surface area (Å²) in [5.41, 5.74) is 6.96. The van der Waals surface area contributed by atoms with Gasteiger partial charge in [0.2, 0.25) is 0 Å². The van der Waals surface area contributed by atoms with E-state index >= 15 is 0 Å². The van der Waals surface area contributed by atoms with Crippen molar-refractivity contribution in [1.82, 2.24) is 0 Å². The zero-order valence-corrected chi connectivity index (χ0v) is 11.0. The minimum atomic E-state index is 0.487. The van der Waals surface area contributed by atoms with E-state index in [9.17, 15) is 0 Å². The van der Waals surface area contributed by atoms with Crippen LogP contribution < -0.4 is 0 Å². The van der Waals surface area contributed by atoms with Gasteiger partial charge in [-0.1, -0.05) is 67.2 Å². The molecule has 1 aromatic rings. The molecule has 0 aliphatic heterocycles. The summed E-state index contributed by atoms with van der Waals surface area (Å²) in [6.07, 6.45) is 14.7. The van der Waals surface area contributed by atoms with Crippen molar-refractivity contribution in [3.63, 3.8) is 0 Å². The van der Waals surface area contributed by atoms with Crippen LogP contribution in [0, 0.1) is 5.92 Å². The summed E-state index contributed by atoms with van der Waals surface area (Å²) in [5, 5.41) is 0. The van der Waals surface area contributed by atoms with Crippen LogP contribution in [0.4, 0.5) is 0 Å². The van der Waals surface area contributed by atoms with E-state index < -0.39 is 0 Å². The van der Waals surface area contributed by atoms with E-state index in [4.69, 9.17) is 0 Å². The zero-order valence-electron chi connectivity index (χ0n) is 11.0. The van der Waals surface area contributed by atoms with E-state index in [-0.39, 0.29) is 0 Å². The van der Waals surface area contributed by atoms with E-state index in [1.165, 1.54) is 27.8 Å². The van der Waals surface area contributed by atoms with Crippen molar-refractivity contribution in [2.75, 3.05) is 0 Å². The standard InChI is InChI=1S/C18H18/c1-13-6-8-16-4-3-5-17-9-7-15(12-18(16)17)11-14(2)10-13/h3-11,13H,12H2,1-2H3/b8-6-,14-10-,15-11-. The molecule has 2 bridgehead atoms. The van der Waals surface area contributed by atoms with Gasteiger partial charge in [0.1, 0.15) is 0 Å². The molecule has 0 amide bonds. The number of benzene rings is 1. The highest BCUT2D eigenvalue weighted by molar-refractivity contribution is 5.69. The van der Waals surface area contributed by atoms with Crippen LogP contribution in [-0.4, -0.2) is 0 Å². The van der Waals surface area contributed by atoms with Crippen molar-refractivity contribution in [3.8, 4) is 0 Å². The van der Waals surface area contributed by atoms with Crippen molar-refractivity contribution in [1.29, 1.82) is 0 Å². The third-order valence-electron chi connectivity index (χ3n) is 3.62. The Bertz CT molecular complexity index is 594. The van der Waals surface area contributed by atoms with Crippen LogP contribution in [0.5, 0.6) is 0 Å². The summed E-state index contributed by atoms with van der Waals surface area (Å²) in [4.78, 5) is 0. The van der Waals surface area contributed by atoms with E-state index in [1.807, 2.05) is 0 Å². The highest BCUT2D eigenvalue weighted by atomic mass is 14.2. The second kappa shape index (κ2) is 4.45. The number of hydrogen-bond donors (Lipinski definition) is 0. The maximum Gasteiger partial charge on any atom is -0.00138 e. The Balaban J connectivity index is 2.20. The van der Waals surface area contributed by atoms with Crippen molar-refractivity contribution in [2.45, 2.75) is 20.3 Å². The lowest BCUT2D eigenvalue weighted by molar-refractivity contribution is 0.933. The fraction of sp³-hybridized carbons (Fsp3) is 0.222. The lowest BCUT2D eigenvalue weighted by Gasteiger charge is -2.17. The van der Waals surface area contributed by atoms with E-state index in [1.54, 1.807) is 0 Å². The molecule has 0 N–H and O–H groups in total. The van der Waals surface area contributed by atoms with Gasteiger partial charge in [-0.3, -0.25) is 0 Å². The van der Waals surface area contributed by atoms with E-state index in [0.29, 0.717) is 5.92 Å². The third kappa shape index (κ3) is 2.11. The molecule has 0 saturated heterocycles. The van der Waals surface area contributed by atoms with Gasteiger partial charge < -0.3 is 0 Å². The Morgan fingerprint density at radius 3 is 2.67 bits per heavy atom. The molecule has 0 saturated carbocycles. The van der Waals surface area contributed by atoms with Gasteiger partial charge in [-0.2, -0.15) is 0 Å². The highest BCUT2D eigenvalue weighted by Crippen LogP contribution is 2.28. The van der Waals surface area contributed by atoms with Crippen molar-refractivity contribution >= 4 is 12.2 Å². The molecule has 2 aliphatic carbocycles. The van der Waals surface area contributed by atoms with Gasteiger partial charge in [0.25, 0.3) is 0 Å². The monoisotopic (exact) mass is 234 g/mol. The Morgan fingerprint density at radius 1 is 1.06 bits per heavy atom. The number of allylic oxidation sites excluding steroid dienone is 6. The molecular weight excluding hydrogens is 216 g/mol. The van der Waals surface area contributed by atoms with Crippen LogP contribution in [0.1, 0.15) is 30.5 Å². The van der Waals surface area contributed by atoms with Gasteiger partial charge in [0, 0.05) is 0 Å². The first kappa shape index (κ1) is 11.3. The fourth-order valence-corrected chi connectivity index (χ4v) is 2.76. The normalized spacial score (nSPS) is 28.9. The first-order valence-corrected chi connectivity index (χ1v) is 6.59. The Hall–Kier alpha value is -1.82. The minimum Gasteiger partial charge on any atom is -0.0773 e. The zero-order chi connectivity index (χ0) is 12.5. The largest absolute Gasteiger partial charge is 0.0773 e. The van der Waals surface area contributed by atoms with Gasteiger partial charge in [0.05, 0.1) is 0 Å². The highest BCUT2D eigenvalue weighted by Gasteiger charge is 2.11. The number of hydrogen-bond acceptors (Lipinski definition) is 0. The average Bonchev–Trinajstić information content (AvgIpc) is 2.35. The molecule has 3 rings (SSSR count). The van der Waals surface area contributed by atoms with Crippen molar-refractivity contribution in [2.24, 2.45) is 5.92 Å². The second-order valence-electron chi connectivity index (χ2n) is 5.27. The lowest BCUT2D eigenvalue weighted by atomic mass is 9.87. The van der Waals surface area contributed by atoms with Gasteiger partial charge >= 0.3 is 0 Å². The van der Waals surface area contributed by atoms with Crippen LogP contribution in [0.2, 0.25) is 0 Å². The SMILES string of the molecule is CC1=C/C(C)/C=C\c2cccc3c2C/C(=C\1)C=C3. The minimum absolute atomic E-state index is 0.487. The van der Waals surface area contributed by atoms with Gasteiger partial charge in [0.15, 0.2) is 0 Å². The molecule has 2 aliphatic rings. The summed E-state index contributed by atoms with van der Waals surface area (Å²) in [7, 11) is 0. The van der Waals surface area contributed by atoms with Crippen LogP contribution in [0.15, 0.2) is 53.6 Å². The van der Waals surface area contributed by atoms with E-state index in [0.717, 1.165) is 6.42 Å². The molecule has 0 heterocycles. The molecule has 1 aromatic carbocycles. The summed E-state index contributed by atoms with van der Waals surface area (Å²) >= 11 is 0. The Morgan fingerprint density at radius 2 is 1.83 bits per heavy atom. The molecule has 90 valence electrons. The van der Waals surface area contributed by atoms with Gasteiger partial charge in [-0.25, -0.2) is 0 Å². The van der Waals surface area contributed by atoms with Crippen molar-refractivity contribution in [3.05, 3.63) is 70.3 Å². The summed E-state index contributed by atoms with van der Waals surface area (Å²) in [6, 6.07) is 6.57. The quantitative estimate of drug-likeness (QED) is 0.605. The molecule has 0 radical (unpaired) electrons. The van der Waals surface area contributed by atoms with Gasteiger partial charge in [-0.05, 0) is 41.5 Å². The van der Waals surface area contributed by atoms with Crippen LogP contribution in [0.3, 0.4) is 0 Å². The molecule has 1 unspecified atom stereocenters. The first-order chi connectivity index (χ1) is 8.72. The van der Waals surface area contributed by atoms with E-state index in [2.05, 4.69) is 68.5 Å². The molecule has 1 atom stereocenters. The van der Waals surface area contributed by atoms with Gasteiger partial charge in [-0.15, -0.1) is 0 Å². The fourth-order valence-electron chi connectivity index (χ4n) is 2.76. The third-order valence-corrected chi connectivity index (χ3v) is 3.62. The average molecular weight is 234 g/mol. The number of fused-ring (bicyclic) bond motifs is 1. The molecule has 0 heteroatoms. The smallest absolute Gasteiger partial charge is 0.00138 e. The first-order valence-electron chi connectivity index (χ1n) is 6.59. The van der Waals surface area contributed by atoms with Crippen LogP contribution in [-0.2, 0) is 6.42 Å². The maximum absolute atomic E-state index is 2.32. The summed E-state index contributed by atoms with van der Waals surface area (Å²) in [6.45, 7) is 4.43. The van der Waals surface area contributed by atoms with Crippen LogP contribution >= 0.6 is 0 Å². The summed E-state index contributed by atoms with van der Waals surface area (Å²) < 4.78 is 0. The van der Waals surface area contributed by atoms with Crippen LogP contribution in [0.25, 0.3) is 12.2 Å². The maximum atomic E-state index is 2.32. The Labute approximate surface area is 109 Å². The predicted molar refractivity (Wildman–Crippen MR) is 79.2 cm³/mol. The molecular formula is C18H18. The lowest BCUT2D eigenvalue weighted by Crippen LogP contribution is -2.01. The predicted octanol–water partition coefficient (Wildman–Crippen LogP) is 4.79. The number of rotatable bonds is 0. The molecule has 0 fully saturated rings.